The van der Waals surface area contributed by atoms with Crippen molar-refractivity contribution >= 4 is 17.7 Å². The molecule has 5 rings (SSSR count). The van der Waals surface area contributed by atoms with Gasteiger partial charge in [0.25, 0.3) is 5.56 Å². The lowest BCUT2D eigenvalue weighted by atomic mass is 9.82. The Morgan fingerprint density at radius 2 is 1.88 bits per heavy atom. The second-order valence-corrected chi connectivity index (χ2v) is 10.0. The number of benzene rings is 1. The summed E-state index contributed by atoms with van der Waals surface area (Å²) in [5.74, 6) is 1.35. The highest BCUT2D eigenvalue weighted by molar-refractivity contribution is 7.99. The fourth-order valence-corrected chi connectivity index (χ4v) is 5.92. The van der Waals surface area contributed by atoms with Gasteiger partial charge in [0.1, 0.15) is 0 Å². The first-order valence-corrected chi connectivity index (χ1v) is 12.9. The maximum atomic E-state index is 13.7. The number of carbonyl (C=O) groups excluding carboxylic acids is 1. The Morgan fingerprint density at radius 1 is 1.06 bits per heavy atom. The van der Waals surface area contributed by atoms with Crippen molar-refractivity contribution in [3.8, 4) is 11.1 Å². The van der Waals surface area contributed by atoms with E-state index in [2.05, 4.69) is 29.2 Å². The molecule has 6 nitrogen and oxygen atoms in total. The number of amides is 1. The topological polar surface area (TPSA) is 54.8 Å². The molecule has 2 aromatic rings. The maximum absolute atomic E-state index is 13.7. The van der Waals surface area contributed by atoms with E-state index >= 15 is 0 Å². The highest BCUT2D eigenvalue weighted by Crippen LogP contribution is 2.36. The van der Waals surface area contributed by atoms with Crippen molar-refractivity contribution in [1.29, 1.82) is 0 Å². The first-order valence-electron chi connectivity index (χ1n) is 11.5. The summed E-state index contributed by atoms with van der Waals surface area (Å²) in [7, 11) is 0. The number of pyridine rings is 1. The number of likely N-dealkylation sites (tertiary alicyclic amines) is 1. The van der Waals surface area contributed by atoms with Crippen molar-refractivity contribution in [2.45, 2.75) is 25.4 Å². The molecule has 2 atom stereocenters. The fourth-order valence-electron chi connectivity index (χ4n) is 5.49. The number of fused-ring (bicyclic) bond motifs is 4. The van der Waals surface area contributed by atoms with Crippen LogP contribution in [0.3, 0.4) is 0 Å². The van der Waals surface area contributed by atoms with Gasteiger partial charge < -0.3 is 14.2 Å². The Hall–Kier alpha value is -2.09. The van der Waals surface area contributed by atoms with Crippen molar-refractivity contribution in [3.05, 3.63) is 58.0 Å². The third-order valence-corrected chi connectivity index (χ3v) is 7.57. The highest BCUT2D eigenvalue weighted by Gasteiger charge is 2.36. The van der Waals surface area contributed by atoms with Gasteiger partial charge in [0, 0.05) is 56.4 Å². The lowest BCUT2D eigenvalue weighted by Crippen LogP contribution is -2.49. The number of hydrogen-bond donors (Lipinski definition) is 0. The van der Waals surface area contributed by atoms with Gasteiger partial charge in [0.2, 0.25) is 5.91 Å². The van der Waals surface area contributed by atoms with Crippen LogP contribution >= 0.6 is 11.8 Å². The number of piperidine rings is 1. The summed E-state index contributed by atoms with van der Waals surface area (Å²) in [6, 6.07) is 12.4. The van der Waals surface area contributed by atoms with Crippen LogP contribution in [-0.2, 0) is 22.6 Å². The monoisotopic (exact) mass is 453 g/mol. The van der Waals surface area contributed by atoms with Gasteiger partial charge in [-0.05, 0) is 41.9 Å². The van der Waals surface area contributed by atoms with Crippen LogP contribution in [0.15, 0.2) is 41.2 Å². The molecule has 1 amide bonds. The van der Waals surface area contributed by atoms with Gasteiger partial charge in [-0.2, -0.15) is 11.8 Å². The predicted octanol–water partition coefficient (Wildman–Crippen LogP) is 2.66. The number of thioether (sulfide) groups is 1. The molecular formula is C25H31N3O3S. The standard InChI is InChI=1S/C25H31N3O3S/c1-32-17-24(29)27-13-18-12-20(16-27)23-7-6-22(25(30)28(23)14-18)21-5-3-2-4-19(21)15-26-8-10-31-11-9-26/h2-7,18,20H,8-17H2,1H3/t18-,20-/m1/s1. The number of ether oxygens (including phenoxy) is 1. The summed E-state index contributed by atoms with van der Waals surface area (Å²) in [5.41, 5.74) is 4.20. The van der Waals surface area contributed by atoms with Crippen LogP contribution < -0.4 is 5.56 Å². The predicted molar refractivity (Wildman–Crippen MR) is 128 cm³/mol. The summed E-state index contributed by atoms with van der Waals surface area (Å²) >= 11 is 1.58. The minimum atomic E-state index is 0.107. The highest BCUT2D eigenvalue weighted by atomic mass is 32.2. The molecule has 0 N–H and O–H groups in total. The van der Waals surface area contributed by atoms with E-state index in [-0.39, 0.29) is 17.4 Å². The van der Waals surface area contributed by atoms with Crippen LogP contribution in [0.4, 0.5) is 0 Å². The zero-order chi connectivity index (χ0) is 22.1. The lowest BCUT2D eigenvalue weighted by molar-refractivity contribution is -0.131. The molecule has 0 saturated carbocycles. The average Bonchev–Trinajstić information content (AvgIpc) is 2.81. The molecule has 0 unspecified atom stereocenters. The second-order valence-electron chi connectivity index (χ2n) is 9.16. The van der Waals surface area contributed by atoms with Crippen molar-refractivity contribution < 1.29 is 9.53 Å². The van der Waals surface area contributed by atoms with E-state index < -0.39 is 0 Å². The Balaban J connectivity index is 1.44. The molecule has 3 aliphatic rings. The van der Waals surface area contributed by atoms with E-state index in [4.69, 9.17) is 4.74 Å². The van der Waals surface area contributed by atoms with Gasteiger partial charge in [0.05, 0.1) is 19.0 Å². The van der Waals surface area contributed by atoms with Gasteiger partial charge in [-0.25, -0.2) is 0 Å². The third kappa shape index (κ3) is 4.26. The SMILES string of the molecule is CSCC(=O)N1C[C@H]2C[C@H](C1)c1ccc(-c3ccccc3CN3CCOCC3)c(=O)n1C2. The summed E-state index contributed by atoms with van der Waals surface area (Å²) in [5, 5.41) is 0. The number of carbonyl (C=O) groups is 1. The van der Waals surface area contributed by atoms with Gasteiger partial charge in [0.15, 0.2) is 0 Å². The first-order chi connectivity index (χ1) is 15.6. The number of morpholine rings is 1. The van der Waals surface area contributed by atoms with Crippen LogP contribution in [0.1, 0.15) is 23.6 Å². The van der Waals surface area contributed by atoms with E-state index in [1.807, 2.05) is 27.9 Å². The van der Waals surface area contributed by atoms with Gasteiger partial charge in [-0.1, -0.05) is 24.3 Å². The number of rotatable bonds is 5. The number of nitrogens with zero attached hydrogens (tertiary/aromatic N) is 3. The van der Waals surface area contributed by atoms with Crippen LogP contribution in [0.5, 0.6) is 0 Å². The van der Waals surface area contributed by atoms with E-state index in [0.29, 0.717) is 18.2 Å². The van der Waals surface area contributed by atoms with Crippen molar-refractivity contribution in [2.75, 3.05) is 51.4 Å². The largest absolute Gasteiger partial charge is 0.379 e. The molecule has 32 heavy (non-hydrogen) atoms. The Morgan fingerprint density at radius 3 is 2.69 bits per heavy atom. The smallest absolute Gasteiger partial charge is 0.258 e. The molecule has 1 aromatic heterocycles. The lowest BCUT2D eigenvalue weighted by Gasteiger charge is -2.43. The molecule has 170 valence electrons. The molecule has 2 bridgehead atoms. The van der Waals surface area contributed by atoms with Crippen LogP contribution in [0, 0.1) is 5.92 Å². The van der Waals surface area contributed by atoms with Crippen LogP contribution in [0.2, 0.25) is 0 Å². The third-order valence-electron chi connectivity index (χ3n) is 7.03. The molecule has 7 heteroatoms. The fraction of sp³-hybridized carbons (Fsp3) is 0.520. The zero-order valence-corrected chi connectivity index (χ0v) is 19.5. The van der Waals surface area contributed by atoms with E-state index in [1.54, 1.807) is 11.8 Å². The molecule has 2 saturated heterocycles. The molecule has 0 aliphatic carbocycles. The normalized spacial score (nSPS) is 23.1. The van der Waals surface area contributed by atoms with Crippen LogP contribution in [0.25, 0.3) is 11.1 Å². The van der Waals surface area contributed by atoms with Crippen molar-refractivity contribution in [1.82, 2.24) is 14.4 Å². The average molecular weight is 454 g/mol. The van der Waals surface area contributed by atoms with Gasteiger partial charge in [-0.3, -0.25) is 14.5 Å². The molecule has 3 aliphatic heterocycles. The molecule has 0 spiro atoms. The zero-order valence-electron chi connectivity index (χ0n) is 18.7. The Kier molecular flexibility index (Phi) is 6.40. The Labute approximate surface area is 193 Å². The Bertz CT molecular complexity index is 1050. The van der Waals surface area contributed by atoms with Crippen molar-refractivity contribution in [2.24, 2.45) is 5.92 Å². The summed E-state index contributed by atoms with van der Waals surface area (Å²) < 4.78 is 7.48. The molecule has 4 heterocycles. The molecular weight excluding hydrogens is 422 g/mol. The second kappa shape index (κ2) is 9.41. The summed E-state index contributed by atoms with van der Waals surface area (Å²) in [6.45, 7) is 6.40. The minimum Gasteiger partial charge on any atom is -0.379 e. The quantitative estimate of drug-likeness (QED) is 0.697. The summed E-state index contributed by atoms with van der Waals surface area (Å²) in [6.07, 6.45) is 3.03. The van der Waals surface area contributed by atoms with Crippen LogP contribution in [-0.4, -0.2) is 71.7 Å². The molecule has 1 aromatic carbocycles. The first kappa shape index (κ1) is 21.7. The molecule has 0 radical (unpaired) electrons. The number of aromatic nitrogens is 1. The van der Waals surface area contributed by atoms with Gasteiger partial charge in [-0.15, -0.1) is 0 Å². The molecule has 2 fully saturated rings. The maximum Gasteiger partial charge on any atom is 0.258 e. The van der Waals surface area contributed by atoms with Crippen molar-refractivity contribution in [3.63, 3.8) is 0 Å². The van der Waals surface area contributed by atoms with E-state index in [0.717, 1.165) is 69.2 Å². The number of hydrogen-bond acceptors (Lipinski definition) is 5. The summed E-state index contributed by atoms with van der Waals surface area (Å²) in [4.78, 5) is 30.5. The van der Waals surface area contributed by atoms with Gasteiger partial charge >= 0.3 is 0 Å². The van der Waals surface area contributed by atoms with E-state index in [1.165, 1.54) is 5.56 Å². The van der Waals surface area contributed by atoms with E-state index in [9.17, 15) is 9.59 Å². The minimum absolute atomic E-state index is 0.107.